The normalized spacial score (nSPS) is 15.5. The molecule has 2 aromatic rings. The molecule has 1 aliphatic rings. The molecule has 0 saturated heterocycles. The van der Waals surface area contributed by atoms with Gasteiger partial charge >= 0.3 is 0 Å². The van der Waals surface area contributed by atoms with E-state index in [4.69, 9.17) is 5.26 Å². The fourth-order valence-corrected chi connectivity index (χ4v) is 3.95. The summed E-state index contributed by atoms with van der Waals surface area (Å²) in [5, 5.41) is 19.2. The second-order valence-corrected chi connectivity index (χ2v) is 8.00. The molecule has 7 heteroatoms. The summed E-state index contributed by atoms with van der Waals surface area (Å²) < 4.78 is 0. The van der Waals surface area contributed by atoms with Gasteiger partial charge in [0.05, 0.1) is 16.9 Å². The molecule has 0 aliphatic heterocycles. The predicted octanol–water partition coefficient (Wildman–Crippen LogP) is 3.92. The van der Waals surface area contributed by atoms with Gasteiger partial charge in [0.15, 0.2) is 0 Å². The number of aromatic amines is 1. The van der Waals surface area contributed by atoms with E-state index in [0.29, 0.717) is 16.4 Å². The second kappa shape index (κ2) is 8.86. The van der Waals surface area contributed by atoms with Crippen LogP contribution in [0.5, 0.6) is 0 Å². The van der Waals surface area contributed by atoms with Gasteiger partial charge in [0.1, 0.15) is 5.82 Å². The maximum atomic E-state index is 12.3. The summed E-state index contributed by atoms with van der Waals surface area (Å²) >= 11 is 1.33. The van der Waals surface area contributed by atoms with Crippen molar-refractivity contribution in [1.29, 1.82) is 5.26 Å². The zero-order chi connectivity index (χ0) is 18.4. The summed E-state index contributed by atoms with van der Waals surface area (Å²) in [4.78, 5) is 16.8. The Morgan fingerprint density at radius 3 is 3.04 bits per heavy atom. The van der Waals surface area contributed by atoms with Crippen molar-refractivity contribution in [3.8, 4) is 6.07 Å². The van der Waals surface area contributed by atoms with Crippen LogP contribution in [0, 0.1) is 17.2 Å². The lowest BCUT2D eigenvalue weighted by Crippen LogP contribution is -2.22. The van der Waals surface area contributed by atoms with Crippen molar-refractivity contribution in [3.05, 3.63) is 35.7 Å². The van der Waals surface area contributed by atoms with Gasteiger partial charge in [-0.15, -0.1) is 5.10 Å². The predicted molar refractivity (Wildman–Crippen MR) is 102 cm³/mol. The second-order valence-electron chi connectivity index (χ2n) is 6.70. The van der Waals surface area contributed by atoms with Crippen LogP contribution in [0.25, 0.3) is 0 Å². The molecule has 1 aliphatic carbocycles. The summed E-state index contributed by atoms with van der Waals surface area (Å²) in [6.45, 7) is 1.82. The van der Waals surface area contributed by atoms with Crippen molar-refractivity contribution in [2.24, 2.45) is 5.92 Å². The fraction of sp³-hybridized carbons (Fsp3) is 0.474. The molecule has 0 bridgehead atoms. The lowest BCUT2D eigenvalue weighted by Gasteiger charge is -2.10. The number of hydrogen-bond acceptors (Lipinski definition) is 5. The molecule has 26 heavy (non-hydrogen) atoms. The van der Waals surface area contributed by atoms with E-state index in [2.05, 4.69) is 26.6 Å². The lowest BCUT2D eigenvalue weighted by atomic mass is 10.0. The van der Waals surface area contributed by atoms with E-state index < -0.39 is 0 Å². The van der Waals surface area contributed by atoms with Crippen molar-refractivity contribution in [1.82, 2.24) is 15.2 Å². The smallest absolute Gasteiger partial charge is 0.237 e. The number of anilines is 1. The molecule has 1 saturated carbocycles. The third kappa shape index (κ3) is 5.09. The monoisotopic (exact) mass is 369 g/mol. The quantitative estimate of drug-likeness (QED) is 0.721. The Balaban J connectivity index is 1.49. The minimum Gasteiger partial charge on any atom is -0.325 e. The molecule has 1 aromatic carbocycles. The summed E-state index contributed by atoms with van der Waals surface area (Å²) in [5.74, 6) is 1.58. The number of thioether (sulfide) groups is 1. The Labute approximate surface area is 157 Å². The SMILES string of the molecule is C[C@@H](Sc1n[nH]c(CCC2CCCC2)n1)C(=O)Nc1cccc(C#N)c1. The molecule has 2 N–H and O–H groups in total. The number of aromatic nitrogens is 3. The molecule has 1 amide bonds. The van der Waals surface area contributed by atoms with Gasteiger partial charge in [0.25, 0.3) is 0 Å². The highest BCUT2D eigenvalue weighted by Crippen LogP contribution is 2.28. The van der Waals surface area contributed by atoms with Crippen LogP contribution in [0.1, 0.15) is 50.4 Å². The van der Waals surface area contributed by atoms with E-state index in [0.717, 1.165) is 24.6 Å². The molecular formula is C19H23N5OS. The standard InChI is InChI=1S/C19H23N5OS/c1-13(18(25)21-16-8-4-7-15(11-16)12-20)26-19-22-17(23-24-19)10-9-14-5-2-3-6-14/h4,7-8,11,13-14H,2-3,5-6,9-10H2,1H3,(H,21,25)(H,22,23,24)/t13-/m1/s1. The summed E-state index contributed by atoms with van der Waals surface area (Å²) in [6.07, 6.45) is 7.45. The number of benzene rings is 1. The molecule has 1 fully saturated rings. The van der Waals surface area contributed by atoms with E-state index in [-0.39, 0.29) is 11.2 Å². The van der Waals surface area contributed by atoms with Gasteiger partial charge in [-0.3, -0.25) is 9.89 Å². The molecule has 0 spiro atoms. The summed E-state index contributed by atoms with van der Waals surface area (Å²) in [6, 6.07) is 8.94. The van der Waals surface area contributed by atoms with Crippen LogP contribution >= 0.6 is 11.8 Å². The number of nitrogens with zero attached hydrogens (tertiary/aromatic N) is 3. The highest BCUT2D eigenvalue weighted by atomic mass is 32.2. The fourth-order valence-electron chi connectivity index (χ4n) is 3.20. The topological polar surface area (TPSA) is 94.5 Å². The van der Waals surface area contributed by atoms with Crippen molar-refractivity contribution in [3.63, 3.8) is 0 Å². The first-order chi connectivity index (χ1) is 12.6. The van der Waals surface area contributed by atoms with E-state index in [1.54, 1.807) is 24.3 Å². The number of H-pyrrole nitrogens is 1. The highest BCUT2D eigenvalue weighted by molar-refractivity contribution is 8.00. The van der Waals surface area contributed by atoms with Gasteiger partial charge in [0.2, 0.25) is 11.1 Å². The van der Waals surface area contributed by atoms with Crippen LogP contribution in [0.2, 0.25) is 0 Å². The molecule has 1 atom stereocenters. The van der Waals surface area contributed by atoms with E-state index in [1.807, 2.05) is 6.92 Å². The Bertz CT molecular complexity index is 791. The average molecular weight is 369 g/mol. The van der Waals surface area contributed by atoms with Gasteiger partial charge < -0.3 is 5.32 Å². The number of carbonyl (C=O) groups excluding carboxylic acids is 1. The van der Waals surface area contributed by atoms with Gasteiger partial charge in [-0.1, -0.05) is 43.5 Å². The van der Waals surface area contributed by atoms with Gasteiger partial charge in [-0.2, -0.15) is 5.26 Å². The molecule has 3 rings (SSSR count). The van der Waals surface area contributed by atoms with E-state index >= 15 is 0 Å². The number of aryl methyl sites for hydroxylation is 1. The number of hydrogen-bond donors (Lipinski definition) is 2. The van der Waals surface area contributed by atoms with E-state index in [1.165, 1.54) is 37.4 Å². The van der Waals surface area contributed by atoms with Crippen LogP contribution < -0.4 is 5.32 Å². The van der Waals surface area contributed by atoms with Crippen LogP contribution in [0.15, 0.2) is 29.4 Å². The van der Waals surface area contributed by atoms with Crippen LogP contribution in [0.3, 0.4) is 0 Å². The van der Waals surface area contributed by atoms with Crippen molar-refractivity contribution < 1.29 is 4.79 Å². The van der Waals surface area contributed by atoms with Gasteiger partial charge in [-0.05, 0) is 37.5 Å². The number of carbonyl (C=O) groups is 1. The number of nitrogens with one attached hydrogen (secondary N) is 2. The zero-order valence-corrected chi connectivity index (χ0v) is 15.7. The number of amides is 1. The molecule has 136 valence electrons. The Morgan fingerprint density at radius 1 is 1.46 bits per heavy atom. The van der Waals surface area contributed by atoms with Crippen LogP contribution in [-0.2, 0) is 11.2 Å². The first-order valence-corrected chi connectivity index (χ1v) is 9.91. The number of rotatable bonds is 7. The Kier molecular flexibility index (Phi) is 6.29. The van der Waals surface area contributed by atoms with Gasteiger partial charge in [-0.25, -0.2) is 4.98 Å². The Hall–Kier alpha value is -2.33. The molecular weight excluding hydrogens is 346 g/mol. The maximum Gasteiger partial charge on any atom is 0.237 e. The van der Waals surface area contributed by atoms with Crippen molar-refractivity contribution >= 4 is 23.4 Å². The summed E-state index contributed by atoms with van der Waals surface area (Å²) in [5.41, 5.74) is 1.14. The van der Waals surface area contributed by atoms with Gasteiger partial charge in [0, 0.05) is 12.1 Å². The third-order valence-corrected chi connectivity index (χ3v) is 5.65. The molecule has 6 nitrogen and oxygen atoms in total. The van der Waals surface area contributed by atoms with E-state index in [9.17, 15) is 4.79 Å². The largest absolute Gasteiger partial charge is 0.325 e. The van der Waals surface area contributed by atoms with Crippen LogP contribution in [-0.4, -0.2) is 26.3 Å². The first-order valence-electron chi connectivity index (χ1n) is 9.03. The molecule has 0 radical (unpaired) electrons. The maximum absolute atomic E-state index is 12.3. The number of nitriles is 1. The average Bonchev–Trinajstić information content (AvgIpc) is 3.31. The van der Waals surface area contributed by atoms with Crippen molar-refractivity contribution in [2.75, 3.05) is 5.32 Å². The molecule has 1 aromatic heterocycles. The summed E-state index contributed by atoms with van der Waals surface area (Å²) in [7, 11) is 0. The first kappa shape index (κ1) is 18.5. The molecule has 1 heterocycles. The highest BCUT2D eigenvalue weighted by Gasteiger charge is 2.19. The van der Waals surface area contributed by atoms with Crippen LogP contribution in [0.4, 0.5) is 5.69 Å². The third-order valence-electron chi connectivity index (χ3n) is 4.69. The Morgan fingerprint density at radius 2 is 2.27 bits per heavy atom. The lowest BCUT2D eigenvalue weighted by molar-refractivity contribution is -0.115. The minimum atomic E-state index is -0.334. The molecule has 0 unspecified atom stereocenters. The zero-order valence-electron chi connectivity index (χ0n) is 14.9. The van der Waals surface area contributed by atoms with Crippen molar-refractivity contribution in [2.45, 2.75) is 55.9 Å². The minimum absolute atomic E-state index is 0.137.